The normalized spacial score (nSPS) is 22.8. The van der Waals surface area contributed by atoms with Crippen molar-refractivity contribution in [2.24, 2.45) is 5.92 Å². The molecule has 0 heterocycles. The summed E-state index contributed by atoms with van der Waals surface area (Å²) in [5, 5.41) is 6.60. The first kappa shape index (κ1) is 18.1. The molecule has 1 aliphatic rings. The summed E-state index contributed by atoms with van der Waals surface area (Å²) in [5.41, 5.74) is 1.19. The molecular weight excluding hydrogens is 308 g/mol. The van der Waals surface area contributed by atoms with E-state index in [1.807, 2.05) is 38.1 Å². The molecule has 2 N–H and O–H groups in total. The number of hydrogen-bond donors (Lipinski definition) is 2. The molecule has 0 radical (unpaired) electrons. The summed E-state index contributed by atoms with van der Waals surface area (Å²) < 4.78 is 11.4. The van der Waals surface area contributed by atoms with Gasteiger partial charge in [-0.15, -0.1) is 0 Å². The van der Waals surface area contributed by atoms with Crippen LogP contribution < -0.4 is 10.6 Å². The van der Waals surface area contributed by atoms with Gasteiger partial charge in [-0.3, -0.25) is 9.00 Å². The highest BCUT2D eigenvalue weighted by Gasteiger charge is 2.27. The fraction of sp³-hybridized carbons (Fsp3) is 0.611. The van der Waals surface area contributed by atoms with E-state index >= 15 is 0 Å². The SMILES string of the molecule is CC(C)NC(=O)C1CCCC(NCc2ccc(S(C)=O)cc2)C1. The van der Waals surface area contributed by atoms with Gasteiger partial charge in [0.1, 0.15) is 0 Å². The average molecular weight is 337 g/mol. The first-order chi connectivity index (χ1) is 11.0. The minimum absolute atomic E-state index is 0.133. The minimum Gasteiger partial charge on any atom is -0.354 e. The van der Waals surface area contributed by atoms with Gasteiger partial charge < -0.3 is 10.6 Å². The van der Waals surface area contributed by atoms with E-state index in [2.05, 4.69) is 10.6 Å². The molecule has 0 bridgehead atoms. The predicted octanol–water partition coefficient (Wildman–Crippen LogP) is 2.60. The summed E-state index contributed by atoms with van der Waals surface area (Å²) in [6.07, 6.45) is 5.82. The van der Waals surface area contributed by atoms with Crippen LogP contribution in [0.2, 0.25) is 0 Å². The highest BCUT2D eigenvalue weighted by Crippen LogP contribution is 2.25. The first-order valence-corrected chi connectivity index (χ1v) is 9.97. The fourth-order valence-electron chi connectivity index (χ4n) is 3.08. The maximum absolute atomic E-state index is 12.2. The first-order valence-electron chi connectivity index (χ1n) is 8.42. The second kappa shape index (κ2) is 8.60. The van der Waals surface area contributed by atoms with Crippen molar-refractivity contribution in [1.29, 1.82) is 0 Å². The number of carbonyl (C=O) groups is 1. The van der Waals surface area contributed by atoms with Gasteiger partial charge in [0.25, 0.3) is 0 Å². The molecule has 3 atom stereocenters. The van der Waals surface area contributed by atoms with Gasteiger partial charge in [0.2, 0.25) is 5.91 Å². The van der Waals surface area contributed by atoms with Crippen molar-refractivity contribution in [3.05, 3.63) is 29.8 Å². The van der Waals surface area contributed by atoms with E-state index in [1.54, 1.807) is 6.26 Å². The van der Waals surface area contributed by atoms with E-state index in [1.165, 1.54) is 5.56 Å². The number of nitrogens with one attached hydrogen (secondary N) is 2. The van der Waals surface area contributed by atoms with E-state index in [0.29, 0.717) is 6.04 Å². The molecule has 23 heavy (non-hydrogen) atoms. The Morgan fingerprint density at radius 2 is 1.96 bits per heavy atom. The highest BCUT2D eigenvalue weighted by atomic mass is 32.2. The molecule has 0 aliphatic heterocycles. The molecule has 128 valence electrons. The lowest BCUT2D eigenvalue weighted by molar-refractivity contribution is -0.126. The van der Waals surface area contributed by atoms with Crippen LogP contribution in [0.1, 0.15) is 45.1 Å². The fourth-order valence-corrected chi connectivity index (χ4v) is 3.60. The third-order valence-corrected chi connectivity index (χ3v) is 5.26. The Morgan fingerprint density at radius 1 is 1.26 bits per heavy atom. The summed E-state index contributed by atoms with van der Waals surface area (Å²) in [6.45, 7) is 4.80. The molecule has 0 saturated heterocycles. The standard InChI is InChI=1S/C18H28N2O2S/c1-13(2)20-18(21)15-5-4-6-16(11-15)19-12-14-7-9-17(10-8-14)23(3)22/h7-10,13,15-16,19H,4-6,11-12H2,1-3H3,(H,20,21). The Kier molecular flexibility index (Phi) is 6.78. The third-order valence-electron chi connectivity index (χ3n) is 4.33. The maximum atomic E-state index is 12.2. The van der Waals surface area contributed by atoms with Gasteiger partial charge in [0.15, 0.2) is 0 Å². The molecule has 3 unspecified atom stereocenters. The second-order valence-corrected chi connectivity index (χ2v) is 8.08. The summed E-state index contributed by atoms with van der Waals surface area (Å²) in [6, 6.07) is 8.50. The second-order valence-electron chi connectivity index (χ2n) is 6.70. The molecule has 0 spiro atoms. The number of amides is 1. The van der Waals surface area contributed by atoms with E-state index in [9.17, 15) is 9.00 Å². The summed E-state index contributed by atoms with van der Waals surface area (Å²) >= 11 is 0. The third kappa shape index (κ3) is 5.74. The number of carbonyl (C=O) groups excluding carboxylic acids is 1. The van der Waals surface area contributed by atoms with Gasteiger partial charge in [0.05, 0.1) is 0 Å². The van der Waals surface area contributed by atoms with Gasteiger partial charge in [-0.1, -0.05) is 18.6 Å². The Morgan fingerprint density at radius 3 is 2.57 bits per heavy atom. The summed E-state index contributed by atoms with van der Waals surface area (Å²) in [7, 11) is -0.925. The van der Waals surface area contributed by atoms with Crippen molar-refractivity contribution in [2.75, 3.05) is 6.26 Å². The van der Waals surface area contributed by atoms with Crippen LogP contribution in [0, 0.1) is 5.92 Å². The van der Waals surface area contributed by atoms with E-state index in [4.69, 9.17) is 0 Å². The van der Waals surface area contributed by atoms with Crippen molar-refractivity contribution < 1.29 is 9.00 Å². The van der Waals surface area contributed by atoms with Crippen LogP contribution in [0.4, 0.5) is 0 Å². The van der Waals surface area contributed by atoms with E-state index in [-0.39, 0.29) is 17.9 Å². The summed E-state index contributed by atoms with van der Waals surface area (Å²) in [5.74, 6) is 0.329. The van der Waals surface area contributed by atoms with Gasteiger partial charge in [-0.25, -0.2) is 0 Å². The van der Waals surface area contributed by atoms with Crippen LogP contribution in [0.5, 0.6) is 0 Å². The van der Waals surface area contributed by atoms with Crippen molar-refractivity contribution in [3.63, 3.8) is 0 Å². The lowest BCUT2D eigenvalue weighted by Gasteiger charge is -2.29. The highest BCUT2D eigenvalue weighted by molar-refractivity contribution is 7.84. The quantitative estimate of drug-likeness (QED) is 0.839. The average Bonchev–Trinajstić information content (AvgIpc) is 2.53. The number of benzene rings is 1. The monoisotopic (exact) mass is 336 g/mol. The van der Waals surface area contributed by atoms with Crippen LogP contribution in [0.15, 0.2) is 29.2 Å². The Hall–Kier alpha value is -1.20. The number of rotatable bonds is 6. The molecule has 4 nitrogen and oxygen atoms in total. The largest absolute Gasteiger partial charge is 0.354 e. The molecule has 0 aromatic heterocycles. The van der Waals surface area contributed by atoms with Crippen LogP contribution >= 0.6 is 0 Å². The van der Waals surface area contributed by atoms with Crippen molar-refractivity contribution >= 4 is 16.7 Å². The van der Waals surface area contributed by atoms with Crippen LogP contribution in [0.25, 0.3) is 0 Å². The van der Waals surface area contributed by atoms with Gasteiger partial charge >= 0.3 is 0 Å². The zero-order valence-electron chi connectivity index (χ0n) is 14.3. The lowest BCUT2D eigenvalue weighted by Crippen LogP contribution is -2.41. The van der Waals surface area contributed by atoms with Crippen molar-refractivity contribution in [3.8, 4) is 0 Å². The molecule has 1 fully saturated rings. The lowest BCUT2D eigenvalue weighted by atomic mass is 9.85. The zero-order chi connectivity index (χ0) is 16.8. The van der Waals surface area contributed by atoms with E-state index in [0.717, 1.165) is 37.1 Å². The topological polar surface area (TPSA) is 58.2 Å². The minimum atomic E-state index is -0.925. The van der Waals surface area contributed by atoms with Gasteiger partial charge in [-0.2, -0.15) is 0 Å². The molecule has 1 amide bonds. The Balaban J connectivity index is 1.83. The molecule has 2 rings (SSSR count). The Labute approximate surface area is 141 Å². The van der Waals surface area contributed by atoms with Gasteiger partial charge in [0, 0.05) is 46.5 Å². The Bertz CT molecular complexity index is 542. The predicted molar refractivity (Wildman–Crippen MR) is 94.6 cm³/mol. The molecule has 1 aromatic rings. The van der Waals surface area contributed by atoms with E-state index < -0.39 is 10.8 Å². The molecule has 5 heteroatoms. The van der Waals surface area contributed by atoms with Crippen LogP contribution in [0.3, 0.4) is 0 Å². The molecular formula is C18H28N2O2S. The van der Waals surface area contributed by atoms with Crippen LogP contribution in [-0.4, -0.2) is 28.5 Å². The smallest absolute Gasteiger partial charge is 0.223 e. The zero-order valence-corrected chi connectivity index (χ0v) is 15.1. The van der Waals surface area contributed by atoms with Crippen molar-refractivity contribution in [2.45, 2.75) is 63.1 Å². The maximum Gasteiger partial charge on any atom is 0.223 e. The molecule has 1 aromatic carbocycles. The van der Waals surface area contributed by atoms with Crippen molar-refractivity contribution in [1.82, 2.24) is 10.6 Å². The number of hydrogen-bond acceptors (Lipinski definition) is 3. The molecule has 1 saturated carbocycles. The van der Waals surface area contributed by atoms with Gasteiger partial charge in [-0.05, 0) is 50.8 Å². The summed E-state index contributed by atoms with van der Waals surface area (Å²) in [4.78, 5) is 13.0. The van der Waals surface area contributed by atoms with Crippen LogP contribution in [-0.2, 0) is 22.1 Å². The molecule has 1 aliphatic carbocycles.